The van der Waals surface area contributed by atoms with E-state index in [-0.39, 0.29) is 17.9 Å². The highest BCUT2D eigenvalue weighted by Gasteiger charge is 2.24. The van der Waals surface area contributed by atoms with Gasteiger partial charge in [0, 0.05) is 31.1 Å². The smallest absolute Gasteiger partial charge is 0.252 e. The molecule has 2 amide bonds. The third-order valence-electron chi connectivity index (χ3n) is 6.29. The lowest BCUT2D eigenvalue weighted by Gasteiger charge is -2.32. The quantitative estimate of drug-likeness (QED) is 0.590. The van der Waals surface area contributed by atoms with Crippen LogP contribution in [0.15, 0.2) is 60.7 Å². The number of likely N-dealkylation sites (tertiary alicyclic amines) is 1. The van der Waals surface area contributed by atoms with Crippen molar-refractivity contribution in [3.8, 4) is 11.5 Å². The van der Waals surface area contributed by atoms with Crippen molar-refractivity contribution in [3.63, 3.8) is 0 Å². The summed E-state index contributed by atoms with van der Waals surface area (Å²) in [5, 5.41) is 5.18. The van der Waals surface area contributed by atoms with Crippen LogP contribution in [0.5, 0.6) is 11.5 Å². The summed E-state index contributed by atoms with van der Waals surface area (Å²) in [7, 11) is 3.21. The fraction of sp³-hybridized carbons (Fsp3) is 0.333. The van der Waals surface area contributed by atoms with Gasteiger partial charge in [0.2, 0.25) is 5.91 Å². The molecular formula is C27H30N2O4. The summed E-state index contributed by atoms with van der Waals surface area (Å²) in [6, 6.07) is 19.5. The summed E-state index contributed by atoms with van der Waals surface area (Å²) in [6.45, 7) is 1.32. The van der Waals surface area contributed by atoms with Crippen LogP contribution < -0.4 is 14.8 Å². The normalized spacial score (nSPS) is 14.2. The van der Waals surface area contributed by atoms with Crippen LogP contribution in [0.1, 0.15) is 35.2 Å². The maximum Gasteiger partial charge on any atom is 0.252 e. The van der Waals surface area contributed by atoms with Crippen molar-refractivity contribution in [2.75, 3.05) is 27.3 Å². The van der Waals surface area contributed by atoms with E-state index < -0.39 is 0 Å². The fourth-order valence-electron chi connectivity index (χ4n) is 4.41. The van der Waals surface area contributed by atoms with Crippen molar-refractivity contribution in [2.24, 2.45) is 0 Å². The average molecular weight is 447 g/mol. The third-order valence-corrected chi connectivity index (χ3v) is 6.29. The van der Waals surface area contributed by atoms with Gasteiger partial charge in [0.25, 0.3) is 5.91 Å². The molecule has 0 aromatic heterocycles. The monoisotopic (exact) mass is 446 g/mol. The zero-order chi connectivity index (χ0) is 23.2. The first-order chi connectivity index (χ1) is 16.1. The molecule has 0 radical (unpaired) electrons. The van der Waals surface area contributed by atoms with E-state index in [0.717, 1.165) is 29.2 Å². The van der Waals surface area contributed by atoms with E-state index in [2.05, 4.69) is 5.32 Å². The standard InChI is InChI=1S/C27H30N2O4/c1-32-24-12-10-19(18-25(24)33-2)11-13-26(30)29-16-14-21(15-17-29)28-27(31)23-9-5-7-20-6-3-4-8-22(20)23/h3-10,12,18,21H,11,13-17H2,1-2H3,(H,28,31). The maximum absolute atomic E-state index is 12.9. The number of nitrogens with one attached hydrogen (secondary N) is 1. The van der Waals surface area contributed by atoms with Crippen molar-refractivity contribution in [1.29, 1.82) is 0 Å². The highest BCUT2D eigenvalue weighted by molar-refractivity contribution is 6.07. The summed E-state index contributed by atoms with van der Waals surface area (Å²) in [6.07, 6.45) is 2.62. The first-order valence-electron chi connectivity index (χ1n) is 11.4. The Kier molecular flexibility index (Phi) is 7.13. The third kappa shape index (κ3) is 5.28. The lowest BCUT2D eigenvalue weighted by Crippen LogP contribution is -2.46. The van der Waals surface area contributed by atoms with E-state index in [1.165, 1.54) is 0 Å². The predicted molar refractivity (Wildman–Crippen MR) is 129 cm³/mol. The summed E-state index contributed by atoms with van der Waals surface area (Å²) in [4.78, 5) is 27.5. The molecule has 1 aliphatic heterocycles. The number of hydrogen-bond donors (Lipinski definition) is 1. The van der Waals surface area contributed by atoms with Crippen LogP contribution in [0.2, 0.25) is 0 Å². The van der Waals surface area contributed by atoms with Crippen molar-refractivity contribution >= 4 is 22.6 Å². The van der Waals surface area contributed by atoms with Gasteiger partial charge in [-0.2, -0.15) is 0 Å². The Bertz CT molecular complexity index is 1130. The summed E-state index contributed by atoms with van der Waals surface area (Å²) in [5.74, 6) is 1.44. The number of fused-ring (bicyclic) bond motifs is 1. The number of carbonyl (C=O) groups is 2. The van der Waals surface area contributed by atoms with Gasteiger partial charge in [0.1, 0.15) is 0 Å². The van der Waals surface area contributed by atoms with Crippen molar-refractivity contribution in [1.82, 2.24) is 10.2 Å². The maximum atomic E-state index is 12.9. The van der Waals surface area contributed by atoms with Crippen LogP contribution in [0.25, 0.3) is 10.8 Å². The Hall–Kier alpha value is -3.54. The van der Waals surface area contributed by atoms with Crippen LogP contribution in [0.4, 0.5) is 0 Å². The number of piperidine rings is 1. The molecule has 0 spiro atoms. The Morgan fingerprint density at radius 2 is 1.67 bits per heavy atom. The average Bonchev–Trinajstić information content (AvgIpc) is 2.87. The number of ether oxygens (including phenoxy) is 2. The molecule has 33 heavy (non-hydrogen) atoms. The van der Waals surface area contributed by atoms with Crippen LogP contribution in [0, 0.1) is 0 Å². The Labute approximate surface area is 194 Å². The van der Waals surface area contributed by atoms with Gasteiger partial charge in [-0.25, -0.2) is 0 Å². The molecule has 1 aliphatic rings. The second-order valence-corrected chi connectivity index (χ2v) is 8.34. The summed E-state index contributed by atoms with van der Waals surface area (Å²) < 4.78 is 10.6. The molecule has 1 N–H and O–H groups in total. The lowest BCUT2D eigenvalue weighted by molar-refractivity contribution is -0.132. The van der Waals surface area contributed by atoms with E-state index in [0.29, 0.717) is 43.0 Å². The number of carbonyl (C=O) groups excluding carboxylic acids is 2. The summed E-state index contributed by atoms with van der Waals surface area (Å²) in [5.41, 5.74) is 1.74. The van der Waals surface area contributed by atoms with Gasteiger partial charge in [0.15, 0.2) is 11.5 Å². The van der Waals surface area contributed by atoms with Crippen molar-refractivity contribution < 1.29 is 19.1 Å². The first kappa shape index (κ1) is 22.6. The second kappa shape index (κ2) is 10.4. The molecule has 0 bridgehead atoms. The van der Waals surface area contributed by atoms with Gasteiger partial charge in [-0.1, -0.05) is 42.5 Å². The number of aryl methyl sites for hydroxylation is 1. The van der Waals surface area contributed by atoms with Crippen LogP contribution in [-0.2, 0) is 11.2 Å². The highest BCUT2D eigenvalue weighted by Crippen LogP contribution is 2.28. The molecule has 1 saturated heterocycles. The molecule has 0 saturated carbocycles. The van der Waals surface area contributed by atoms with Crippen LogP contribution in [0.3, 0.4) is 0 Å². The fourth-order valence-corrected chi connectivity index (χ4v) is 4.41. The predicted octanol–water partition coefficient (Wildman–Crippen LogP) is 4.21. The number of amides is 2. The first-order valence-corrected chi connectivity index (χ1v) is 11.4. The minimum atomic E-state index is -0.0509. The molecule has 1 heterocycles. The minimum absolute atomic E-state index is 0.0509. The molecule has 4 rings (SSSR count). The lowest BCUT2D eigenvalue weighted by atomic mass is 10.0. The van der Waals surface area contributed by atoms with E-state index >= 15 is 0 Å². The number of nitrogens with zero attached hydrogens (tertiary/aromatic N) is 1. The number of methoxy groups -OCH3 is 2. The van der Waals surface area contributed by atoms with E-state index in [9.17, 15) is 9.59 Å². The summed E-state index contributed by atoms with van der Waals surface area (Å²) >= 11 is 0. The minimum Gasteiger partial charge on any atom is -0.493 e. The van der Waals surface area contributed by atoms with Gasteiger partial charge in [0.05, 0.1) is 14.2 Å². The van der Waals surface area contributed by atoms with E-state index in [1.807, 2.05) is 65.6 Å². The zero-order valence-electron chi connectivity index (χ0n) is 19.2. The molecule has 1 fully saturated rings. The van der Waals surface area contributed by atoms with Crippen LogP contribution >= 0.6 is 0 Å². The van der Waals surface area contributed by atoms with Gasteiger partial charge >= 0.3 is 0 Å². The molecule has 3 aromatic carbocycles. The second-order valence-electron chi connectivity index (χ2n) is 8.34. The van der Waals surface area contributed by atoms with E-state index in [4.69, 9.17) is 9.47 Å². The Balaban J connectivity index is 1.28. The van der Waals surface area contributed by atoms with Crippen molar-refractivity contribution in [2.45, 2.75) is 31.7 Å². The topological polar surface area (TPSA) is 67.9 Å². The zero-order valence-corrected chi connectivity index (χ0v) is 19.2. The SMILES string of the molecule is COc1ccc(CCC(=O)N2CCC(NC(=O)c3cccc4ccccc34)CC2)cc1OC. The highest BCUT2D eigenvalue weighted by atomic mass is 16.5. The molecule has 6 nitrogen and oxygen atoms in total. The van der Waals surface area contributed by atoms with Gasteiger partial charge < -0.3 is 19.7 Å². The largest absolute Gasteiger partial charge is 0.493 e. The van der Waals surface area contributed by atoms with Gasteiger partial charge in [-0.15, -0.1) is 0 Å². The Morgan fingerprint density at radius 1 is 0.939 bits per heavy atom. The molecule has 172 valence electrons. The number of rotatable bonds is 7. The Morgan fingerprint density at radius 3 is 2.42 bits per heavy atom. The van der Waals surface area contributed by atoms with Gasteiger partial charge in [-0.05, 0) is 53.8 Å². The molecule has 6 heteroatoms. The van der Waals surface area contributed by atoms with Gasteiger partial charge in [-0.3, -0.25) is 9.59 Å². The molecule has 0 unspecified atom stereocenters. The molecule has 0 atom stereocenters. The number of hydrogen-bond acceptors (Lipinski definition) is 4. The number of benzene rings is 3. The molecular weight excluding hydrogens is 416 g/mol. The van der Waals surface area contributed by atoms with Crippen molar-refractivity contribution in [3.05, 3.63) is 71.8 Å². The van der Waals surface area contributed by atoms with E-state index in [1.54, 1.807) is 14.2 Å². The molecule has 3 aromatic rings. The van der Waals surface area contributed by atoms with Crippen LogP contribution in [-0.4, -0.2) is 50.1 Å². The molecule has 0 aliphatic carbocycles.